The molecule has 0 radical (unpaired) electrons. The lowest BCUT2D eigenvalue weighted by Crippen LogP contribution is -2.54. The number of hydrogen-bond acceptors (Lipinski definition) is 6. The minimum Gasteiger partial charge on any atom is -0.508 e. The molecule has 0 saturated carbocycles. The van der Waals surface area contributed by atoms with Gasteiger partial charge in [-0.3, -0.25) is 9.59 Å². The van der Waals surface area contributed by atoms with Gasteiger partial charge in [0.25, 0.3) is 5.91 Å². The lowest BCUT2D eigenvalue weighted by atomic mass is 9.99. The molecule has 41 heavy (non-hydrogen) atoms. The van der Waals surface area contributed by atoms with Gasteiger partial charge in [-0.1, -0.05) is 63.3 Å². The van der Waals surface area contributed by atoms with Crippen LogP contribution in [0, 0.1) is 13.8 Å². The smallest absolute Gasteiger partial charge is 0.408 e. The zero-order valence-electron chi connectivity index (χ0n) is 25.3. The number of aryl methyl sites for hydroxylation is 2. The van der Waals surface area contributed by atoms with Crippen molar-refractivity contribution < 1.29 is 29.3 Å². The summed E-state index contributed by atoms with van der Waals surface area (Å²) in [7, 11) is 0. The summed E-state index contributed by atoms with van der Waals surface area (Å²) in [5.41, 5.74) is 1.71. The van der Waals surface area contributed by atoms with Gasteiger partial charge in [-0.2, -0.15) is 0 Å². The van der Waals surface area contributed by atoms with Crippen LogP contribution in [0.25, 0.3) is 0 Å². The number of amides is 3. The van der Waals surface area contributed by atoms with Crippen molar-refractivity contribution in [2.24, 2.45) is 0 Å². The average Bonchev–Trinajstić information content (AvgIpc) is 2.90. The van der Waals surface area contributed by atoms with Crippen molar-refractivity contribution in [2.45, 2.75) is 97.8 Å². The van der Waals surface area contributed by atoms with E-state index in [1.54, 1.807) is 45.9 Å². The number of anilines is 1. The van der Waals surface area contributed by atoms with Gasteiger partial charge in [0, 0.05) is 12.2 Å². The Kier molecular flexibility index (Phi) is 13.1. The van der Waals surface area contributed by atoms with Gasteiger partial charge in [0.15, 0.2) is 0 Å². The molecule has 0 aromatic heterocycles. The number of carbonyl (C=O) groups is 3. The number of nitrogens with zero attached hydrogens (tertiary/aromatic N) is 1. The van der Waals surface area contributed by atoms with Crippen molar-refractivity contribution in [3.63, 3.8) is 0 Å². The molecule has 0 bridgehead atoms. The lowest BCUT2D eigenvalue weighted by molar-refractivity contribution is -0.141. The molecular weight excluding hydrogens is 522 g/mol. The van der Waals surface area contributed by atoms with Crippen LogP contribution in [0.4, 0.5) is 10.5 Å². The second-order valence-electron chi connectivity index (χ2n) is 11.4. The SMILES string of the molecule is CCCCCCCCN(C(=O)C(CO)NC(=O)OC(C)(C)C)C(C(=O)Nc1ccccc1C)c1ccc(O)c(C)c1. The predicted octanol–water partition coefficient (Wildman–Crippen LogP) is 5.76. The van der Waals surface area contributed by atoms with Gasteiger partial charge in [-0.05, 0) is 75.9 Å². The summed E-state index contributed by atoms with van der Waals surface area (Å²) in [5, 5.41) is 25.8. The van der Waals surface area contributed by atoms with Crippen molar-refractivity contribution in [2.75, 3.05) is 18.5 Å². The largest absolute Gasteiger partial charge is 0.508 e. The number of phenolic OH excluding ortho intramolecular Hbond substituents is 1. The van der Waals surface area contributed by atoms with Crippen LogP contribution in [0.5, 0.6) is 5.75 Å². The number of carbonyl (C=O) groups excluding carboxylic acids is 3. The maximum Gasteiger partial charge on any atom is 0.408 e. The number of phenols is 1. The van der Waals surface area contributed by atoms with Crippen LogP contribution in [-0.4, -0.2) is 57.8 Å². The number of alkyl carbamates (subject to hydrolysis) is 1. The fourth-order valence-corrected chi connectivity index (χ4v) is 4.50. The van der Waals surface area contributed by atoms with Crippen LogP contribution in [0.15, 0.2) is 42.5 Å². The first-order chi connectivity index (χ1) is 19.4. The third kappa shape index (κ3) is 10.7. The monoisotopic (exact) mass is 569 g/mol. The van der Waals surface area contributed by atoms with E-state index >= 15 is 0 Å². The normalized spacial score (nSPS) is 12.8. The van der Waals surface area contributed by atoms with Crippen molar-refractivity contribution in [1.29, 1.82) is 0 Å². The average molecular weight is 570 g/mol. The number of para-hydroxylation sites is 1. The first kappa shape index (κ1) is 33.6. The fourth-order valence-electron chi connectivity index (χ4n) is 4.50. The summed E-state index contributed by atoms with van der Waals surface area (Å²) in [4.78, 5) is 41.9. The molecule has 3 amide bonds. The highest BCUT2D eigenvalue weighted by atomic mass is 16.6. The summed E-state index contributed by atoms with van der Waals surface area (Å²) >= 11 is 0. The minimum atomic E-state index is -1.32. The van der Waals surface area contributed by atoms with Crippen molar-refractivity contribution in [3.8, 4) is 5.75 Å². The van der Waals surface area contributed by atoms with E-state index in [-0.39, 0.29) is 12.3 Å². The summed E-state index contributed by atoms with van der Waals surface area (Å²) in [6, 6.07) is 9.71. The molecule has 226 valence electrons. The molecular formula is C32H47N3O6. The third-order valence-corrected chi connectivity index (χ3v) is 6.71. The second kappa shape index (κ2) is 16.0. The summed E-state index contributed by atoms with van der Waals surface area (Å²) < 4.78 is 5.31. The first-order valence-corrected chi connectivity index (χ1v) is 14.4. The van der Waals surface area contributed by atoms with E-state index in [9.17, 15) is 24.6 Å². The first-order valence-electron chi connectivity index (χ1n) is 14.4. The molecule has 9 nitrogen and oxygen atoms in total. The topological polar surface area (TPSA) is 128 Å². The third-order valence-electron chi connectivity index (χ3n) is 6.71. The van der Waals surface area contributed by atoms with Crippen LogP contribution in [0.2, 0.25) is 0 Å². The lowest BCUT2D eigenvalue weighted by Gasteiger charge is -2.34. The highest BCUT2D eigenvalue weighted by Crippen LogP contribution is 2.29. The highest BCUT2D eigenvalue weighted by Gasteiger charge is 2.36. The summed E-state index contributed by atoms with van der Waals surface area (Å²) in [6.07, 6.45) is 4.96. The van der Waals surface area contributed by atoms with Crippen molar-refractivity contribution in [3.05, 3.63) is 59.2 Å². The molecule has 2 atom stereocenters. The number of rotatable bonds is 14. The molecule has 0 saturated heterocycles. The Hall–Kier alpha value is -3.59. The molecule has 0 aliphatic rings. The standard InChI is InChI=1S/C32H47N3O6/c1-7-8-9-10-11-14-19-35(30(39)26(21-36)34-31(40)41-32(4,5)6)28(24-17-18-27(37)23(3)20-24)29(38)33-25-16-13-12-15-22(25)2/h12-13,15-18,20,26,28,36-37H,7-11,14,19,21H2,1-6H3,(H,33,38)(H,34,40). The van der Waals surface area contributed by atoms with E-state index in [1.807, 2.05) is 25.1 Å². The fraction of sp³-hybridized carbons (Fsp3) is 0.531. The number of ether oxygens (including phenoxy) is 1. The van der Waals surface area contributed by atoms with Gasteiger partial charge < -0.3 is 30.5 Å². The van der Waals surface area contributed by atoms with Gasteiger partial charge in [0.1, 0.15) is 23.4 Å². The molecule has 0 aliphatic heterocycles. The molecule has 4 N–H and O–H groups in total. The molecule has 0 spiro atoms. The Balaban J connectivity index is 2.49. The Bertz CT molecular complexity index is 1160. The molecule has 2 unspecified atom stereocenters. The summed E-state index contributed by atoms with van der Waals surface area (Å²) in [5.74, 6) is -0.985. The molecule has 9 heteroatoms. The van der Waals surface area contributed by atoms with Crippen molar-refractivity contribution >= 4 is 23.6 Å². The maximum atomic E-state index is 14.0. The number of aromatic hydroxyl groups is 1. The Morgan fingerprint density at radius 2 is 1.61 bits per heavy atom. The number of aliphatic hydroxyl groups is 1. The number of benzene rings is 2. The zero-order chi connectivity index (χ0) is 30.6. The van der Waals surface area contributed by atoms with Gasteiger partial charge in [0.05, 0.1) is 6.61 Å². The molecule has 2 aromatic carbocycles. The highest BCUT2D eigenvalue weighted by molar-refractivity contribution is 5.99. The Morgan fingerprint density at radius 3 is 2.22 bits per heavy atom. The molecule has 2 rings (SSSR count). The van der Waals surface area contributed by atoms with E-state index in [0.717, 1.165) is 37.7 Å². The maximum absolute atomic E-state index is 14.0. The van der Waals surface area contributed by atoms with E-state index in [4.69, 9.17) is 4.74 Å². The van der Waals surface area contributed by atoms with Gasteiger partial charge in [-0.15, -0.1) is 0 Å². The summed E-state index contributed by atoms with van der Waals surface area (Å²) in [6.45, 7) is 10.4. The van der Waals surface area contributed by atoms with Crippen LogP contribution >= 0.6 is 0 Å². The molecule has 0 aliphatic carbocycles. The van der Waals surface area contributed by atoms with Crippen LogP contribution in [-0.2, 0) is 14.3 Å². The van der Waals surface area contributed by atoms with Crippen LogP contribution < -0.4 is 10.6 Å². The van der Waals surface area contributed by atoms with Crippen LogP contribution in [0.1, 0.15) is 89.0 Å². The predicted molar refractivity (Wildman–Crippen MR) is 161 cm³/mol. The molecule has 2 aromatic rings. The van der Waals surface area contributed by atoms with Crippen LogP contribution in [0.3, 0.4) is 0 Å². The number of nitrogens with one attached hydrogen (secondary N) is 2. The van der Waals surface area contributed by atoms with Crippen molar-refractivity contribution in [1.82, 2.24) is 10.2 Å². The van der Waals surface area contributed by atoms with E-state index in [2.05, 4.69) is 17.6 Å². The van der Waals surface area contributed by atoms with Gasteiger partial charge >= 0.3 is 6.09 Å². The van der Waals surface area contributed by atoms with Gasteiger partial charge in [-0.25, -0.2) is 4.79 Å². The van der Waals surface area contributed by atoms with E-state index < -0.39 is 42.2 Å². The molecule has 0 heterocycles. The Morgan fingerprint density at radius 1 is 0.951 bits per heavy atom. The van der Waals surface area contributed by atoms with Gasteiger partial charge in [0.2, 0.25) is 5.91 Å². The zero-order valence-corrected chi connectivity index (χ0v) is 25.3. The second-order valence-corrected chi connectivity index (χ2v) is 11.4. The molecule has 0 fully saturated rings. The Labute approximate surface area is 244 Å². The quantitative estimate of drug-likeness (QED) is 0.214. The van der Waals surface area contributed by atoms with E-state index in [0.29, 0.717) is 23.2 Å². The number of unbranched alkanes of at least 4 members (excludes halogenated alkanes) is 5. The number of aliphatic hydroxyl groups excluding tert-OH is 1. The number of hydrogen-bond donors (Lipinski definition) is 4. The minimum absolute atomic E-state index is 0.0699. The van der Waals surface area contributed by atoms with E-state index in [1.165, 1.54) is 11.0 Å².